The first-order valence-corrected chi connectivity index (χ1v) is 8.60. The highest BCUT2D eigenvalue weighted by molar-refractivity contribution is 7.09. The molecule has 1 fully saturated rings. The predicted octanol–water partition coefficient (Wildman–Crippen LogP) is 2.67. The van der Waals surface area contributed by atoms with Gasteiger partial charge < -0.3 is 4.57 Å². The van der Waals surface area contributed by atoms with Crippen molar-refractivity contribution in [3.05, 3.63) is 47.1 Å². The van der Waals surface area contributed by atoms with Crippen LogP contribution in [0.1, 0.15) is 29.5 Å². The van der Waals surface area contributed by atoms with E-state index in [1.807, 2.05) is 41.9 Å². The molecule has 3 aromatic heterocycles. The molecule has 4 heterocycles. The molecule has 1 saturated heterocycles. The molecule has 7 heteroatoms. The van der Waals surface area contributed by atoms with Gasteiger partial charge in [0.15, 0.2) is 5.82 Å². The van der Waals surface area contributed by atoms with Gasteiger partial charge in [-0.2, -0.15) is 0 Å². The van der Waals surface area contributed by atoms with Crippen LogP contribution in [0.2, 0.25) is 0 Å². The van der Waals surface area contributed by atoms with Gasteiger partial charge >= 0.3 is 0 Å². The summed E-state index contributed by atoms with van der Waals surface area (Å²) in [6.45, 7) is 2.05. The molecule has 0 aromatic carbocycles. The van der Waals surface area contributed by atoms with Gasteiger partial charge in [0.25, 0.3) is 0 Å². The highest BCUT2D eigenvalue weighted by atomic mass is 32.1. The largest absolute Gasteiger partial charge is 0.333 e. The third-order valence-electron chi connectivity index (χ3n) is 4.27. The lowest BCUT2D eigenvalue weighted by Crippen LogP contribution is -2.23. The second-order valence-corrected chi connectivity index (χ2v) is 6.76. The molecule has 4 rings (SSSR count). The quantitative estimate of drug-likeness (QED) is 0.738. The van der Waals surface area contributed by atoms with E-state index in [0.717, 1.165) is 36.7 Å². The zero-order chi connectivity index (χ0) is 15.6. The minimum Gasteiger partial charge on any atom is -0.333 e. The van der Waals surface area contributed by atoms with Gasteiger partial charge in [0, 0.05) is 37.1 Å². The third kappa shape index (κ3) is 2.89. The zero-order valence-electron chi connectivity index (χ0n) is 13.0. The minimum absolute atomic E-state index is 0.347. The van der Waals surface area contributed by atoms with Gasteiger partial charge in [-0.05, 0) is 19.4 Å². The molecule has 0 N–H and O–H groups in total. The van der Waals surface area contributed by atoms with E-state index in [2.05, 4.69) is 24.8 Å². The molecule has 1 aliphatic heterocycles. The van der Waals surface area contributed by atoms with Crippen molar-refractivity contribution in [1.29, 1.82) is 0 Å². The third-order valence-corrected chi connectivity index (χ3v) is 5.03. The number of aryl methyl sites for hydroxylation is 1. The lowest BCUT2D eigenvalue weighted by molar-refractivity contribution is 0.246. The number of thiazole rings is 1. The molecule has 0 aliphatic carbocycles. The van der Waals surface area contributed by atoms with Crippen molar-refractivity contribution in [2.24, 2.45) is 7.05 Å². The maximum absolute atomic E-state index is 4.67. The van der Waals surface area contributed by atoms with Crippen LogP contribution in [0, 0.1) is 0 Å². The number of imidazole rings is 1. The van der Waals surface area contributed by atoms with Gasteiger partial charge in [0.1, 0.15) is 5.69 Å². The molecule has 118 valence electrons. The fraction of sp³-hybridized carbons (Fsp3) is 0.375. The van der Waals surface area contributed by atoms with Crippen molar-refractivity contribution in [3.8, 4) is 11.5 Å². The first kappa shape index (κ1) is 14.5. The Bertz CT molecular complexity index is 764. The van der Waals surface area contributed by atoms with Gasteiger partial charge in [-0.3, -0.25) is 14.9 Å². The standard InChI is InChI=1S/C16H18N6S/c1-21-6-4-18-16(21)14-9-19-13(8-20-14)15-3-2-5-22(15)10-12-7-17-11-23-12/h4,6-9,11,15H,2-3,5,10H2,1H3/t15-/m0/s1. The summed E-state index contributed by atoms with van der Waals surface area (Å²) < 4.78 is 1.95. The SMILES string of the molecule is Cn1ccnc1-c1cnc([C@@H]2CCCN2Cc2cncs2)cn1. The van der Waals surface area contributed by atoms with E-state index in [9.17, 15) is 0 Å². The Balaban J connectivity index is 1.54. The van der Waals surface area contributed by atoms with Gasteiger partial charge in [0.05, 0.1) is 29.6 Å². The summed E-state index contributed by atoms with van der Waals surface area (Å²) in [7, 11) is 1.96. The highest BCUT2D eigenvalue weighted by Crippen LogP contribution is 2.32. The van der Waals surface area contributed by atoms with Crippen LogP contribution in [-0.4, -0.2) is 35.9 Å². The van der Waals surface area contributed by atoms with Crippen LogP contribution in [-0.2, 0) is 13.6 Å². The fourth-order valence-electron chi connectivity index (χ4n) is 3.11. The van der Waals surface area contributed by atoms with E-state index in [-0.39, 0.29) is 0 Å². The number of aromatic nitrogens is 5. The van der Waals surface area contributed by atoms with Crippen molar-refractivity contribution in [2.45, 2.75) is 25.4 Å². The van der Waals surface area contributed by atoms with Crippen LogP contribution >= 0.6 is 11.3 Å². The molecule has 3 aromatic rings. The second-order valence-electron chi connectivity index (χ2n) is 5.78. The Morgan fingerprint density at radius 1 is 1.22 bits per heavy atom. The Morgan fingerprint density at radius 2 is 2.17 bits per heavy atom. The fourth-order valence-corrected chi connectivity index (χ4v) is 3.73. The highest BCUT2D eigenvalue weighted by Gasteiger charge is 2.27. The van der Waals surface area contributed by atoms with Gasteiger partial charge in [0.2, 0.25) is 0 Å². The zero-order valence-corrected chi connectivity index (χ0v) is 13.8. The summed E-state index contributed by atoms with van der Waals surface area (Å²) in [5, 5.41) is 0. The van der Waals surface area contributed by atoms with Crippen molar-refractivity contribution in [3.63, 3.8) is 0 Å². The normalized spacial score (nSPS) is 18.6. The van der Waals surface area contributed by atoms with E-state index in [1.165, 1.54) is 11.3 Å². The maximum Gasteiger partial charge on any atom is 0.159 e. The van der Waals surface area contributed by atoms with Crippen LogP contribution in [0.5, 0.6) is 0 Å². The molecule has 23 heavy (non-hydrogen) atoms. The lowest BCUT2D eigenvalue weighted by Gasteiger charge is -2.23. The Morgan fingerprint density at radius 3 is 2.87 bits per heavy atom. The van der Waals surface area contributed by atoms with E-state index in [4.69, 9.17) is 0 Å². The topological polar surface area (TPSA) is 59.7 Å². The van der Waals surface area contributed by atoms with Crippen molar-refractivity contribution >= 4 is 11.3 Å². The van der Waals surface area contributed by atoms with Crippen molar-refractivity contribution < 1.29 is 0 Å². The molecule has 0 amide bonds. The van der Waals surface area contributed by atoms with Gasteiger partial charge in [-0.1, -0.05) is 0 Å². The summed E-state index contributed by atoms with van der Waals surface area (Å²) in [5.41, 5.74) is 3.75. The smallest absolute Gasteiger partial charge is 0.159 e. The van der Waals surface area contributed by atoms with E-state index >= 15 is 0 Å². The van der Waals surface area contributed by atoms with Gasteiger partial charge in [-0.25, -0.2) is 9.97 Å². The Hall–Kier alpha value is -2.12. The number of nitrogens with zero attached hydrogens (tertiary/aromatic N) is 6. The van der Waals surface area contributed by atoms with Gasteiger partial charge in [-0.15, -0.1) is 11.3 Å². The molecule has 6 nitrogen and oxygen atoms in total. The van der Waals surface area contributed by atoms with E-state index < -0.39 is 0 Å². The number of likely N-dealkylation sites (tertiary alicyclic amines) is 1. The monoisotopic (exact) mass is 326 g/mol. The molecule has 1 atom stereocenters. The van der Waals surface area contributed by atoms with Crippen LogP contribution in [0.15, 0.2) is 36.5 Å². The first-order chi connectivity index (χ1) is 11.3. The van der Waals surface area contributed by atoms with Crippen molar-refractivity contribution in [2.75, 3.05) is 6.54 Å². The molecule has 0 unspecified atom stereocenters. The molecule has 0 bridgehead atoms. The molecule has 0 saturated carbocycles. The average Bonchev–Trinajstić information content (AvgIpc) is 3.30. The number of hydrogen-bond acceptors (Lipinski definition) is 6. The predicted molar refractivity (Wildman–Crippen MR) is 88.7 cm³/mol. The summed E-state index contributed by atoms with van der Waals surface area (Å²) in [4.78, 5) is 21.5. The van der Waals surface area contributed by atoms with Crippen LogP contribution in [0.3, 0.4) is 0 Å². The maximum atomic E-state index is 4.67. The second kappa shape index (κ2) is 6.17. The molecule has 0 radical (unpaired) electrons. The lowest BCUT2D eigenvalue weighted by atomic mass is 10.1. The summed E-state index contributed by atoms with van der Waals surface area (Å²) in [5.74, 6) is 0.844. The molecular weight excluding hydrogens is 308 g/mol. The van der Waals surface area contributed by atoms with Crippen LogP contribution in [0.25, 0.3) is 11.5 Å². The molecular formula is C16H18N6S. The number of hydrogen-bond donors (Lipinski definition) is 0. The van der Waals surface area contributed by atoms with Crippen molar-refractivity contribution in [1.82, 2.24) is 29.4 Å². The summed E-state index contributed by atoms with van der Waals surface area (Å²) in [6, 6.07) is 0.347. The molecule has 0 spiro atoms. The Kier molecular flexibility index (Phi) is 3.88. The summed E-state index contributed by atoms with van der Waals surface area (Å²) in [6.07, 6.45) is 11.7. The minimum atomic E-state index is 0.347. The molecule has 1 aliphatic rings. The van der Waals surface area contributed by atoms with Crippen LogP contribution < -0.4 is 0 Å². The first-order valence-electron chi connectivity index (χ1n) is 7.72. The summed E-state index contributed by atoms with van der Waals surface area (Å²) >= 11 is 1.71. The average molecular weight is 326 g/mol. The van der Waals surface area contributed by atoms with Crippen LogP contribution in [0.4, 0.5) is 0 Å². The Labute approximate surface area is 138 Å². The number of rotatable bonds is 4. The van der Waals surface area contributed by atoms with E-state index in [1.54, 1.807) is 17.5 Å². The van der Waals surface area contributed by atoms with E-state index in [0.29, 0.717) is 6.04 Å².